The SMILES string of the molecule is Cc1cc(Cl)ccc1C(=O)N1C[C@H]2CCC[C@@H](C2)C1. The van der Waals surface area contributed by atoms with Crippen LogP contribution in [0.3, 0.4) is 0 Å². The molecule has 1 saturated heterocycles. The Morgan fingerprint density at radius 1 is 1.26 bits per heavy atom. The summed E-state index contributed by atoms with van der Waals surface area (Å²) in [6.45, 7) is 3.85. The molecule has 2 bridgehead atoms. The van der Waals surface area contributed by atoms with Crippen molar-refractivity contribution in [3.05, 3.63) is 34.3 Å². The number of amides is 1. The van der Waals surface area contributed by atoms with Gasteiger partial charge in [0.25, 0.3) is 5.91 Å². The number of aryl methyl sites for hydroxylation is 1. The minimum Gasteiger partial charge on any atom is -0.338 e. The number of carbonyl (C=O) groups excluding carboxylic acids is 1. The van der Waals surface area contributed by atoms with Crippen LogP contribution in [-0.2, 0) is 0 Å². The molecule has 2 fully saturated rings. The Kier molecular flexibility index (Phi) is 3.53. The molecule has 1 heterocycles. The van der Waals surface area contributed by atoms with Gasteiger partial charge in [0.15, 0.2) is 0 Å². The van der Waals surface area contributed by atoms with Gasteiger partial charge in [-0.15, -0.1) is 0 Å². The maximum atomic E-state index is 12.6. The van der Waals surface area contributed by atoms with Crippen LogP contribution in [-0.4, -0.2) is 23.9 Å². The summed E-state index contributed by atoms with van der Waals surface area (Å²) in [5, 5.41) is 0.699. The Morgan fingerprint density at radius 3 is 2.58 bits per heavy atom. The average molecular weight is 278 g/mol. The number of likely N-dealkylation sites (tertiary alicyclic amines) is 1. The highest BCUT2D eigenvalue weighted by molar-refractivity contribution is 6.30. The molecule has 3 heteroatoms. The van der Waals surface area contributed by atoms with Crippen molar-refractivity contribution < 1.29 is 4.79 Å². The van der Waals surface area contributed by atoms with Gasteiger partial charge in [-0.1, -0.05) is 18.0 Å². The standard InChI is InChI=1S/C16H20ClNO/c1-11-7-14(17)5-6-15(11)16(19)18-9-12-3-2-4-13(8-12)10-18/h5-7,12-13H,2-4,8-10H2,1H3/t12-,13-/m0/s1. The van der Waals surface area contributed by atoms with E-state index < -0.39 is 0 Å². The number of halogens is 1. The van der Waals surface area contributed by atoms with Crippen molar-refractivity contribution >= 4 is 17.5 Å². The number of piperidine rings is 1. The lowest BCUT2D eigenvalue weighted by Crippen LogP contribution is -2.45. The molecule has 3 rings (SSSR count). The van der Waals surface area contributed by atoms with Crippen LogP contribution >= 0.6 is 11.6 Å². The van der Waals surface area contributed by atoms with Crippen LogP contribution in [0.2, 0.25) is 5.02 Å². The van der Waals surface area contributed by atoms with E-state index >= 15 is 0 Å². The summed E-state index contributed by atoms with van der Waals surface area (Å²) in [5.41, 5.74) is 1.79. The highest BCUT2D eigenvalue weighted by atomic mass is 35.5. The zero-order valence-corrected chi connectivity index (χ0v) is 12.1. The number of benzene rings is 1. The average Bonchev–Trinajstić information content (AvgIpc) is 2.37. The summed E-state index contributed by atoms with van der Waals surface area (Å²) in [5.74, 6) is 1.64. The second-order valence-corrected chi connectivity index (χ2v) is 6.50. The Balaban J connectivity index is 1.80. The molecule has 0 radical (unpaired) electrons. The number of fused-ring (bicyclic) bond motifs is 2. The van der Waals surface area contributed by atoms with Crippen LogP contribution in [0.1, 0.15) is 41.6 Å². The molecular formula is C16H20ClNO. The van der Waals surface area contributed by atoms with Crippen molar-refractivity contribution in [1.82, 2.24) is 4.90 Å². The van der Waals surface area contributed by atoms with E-state index in [1.165, 1.54) is 25.7 Å². The molecule has 0 spiro atoms. The number of hydrogen-bond donors (Lipinski definition) is 0. The molecule has 1 saturated carbocycles. The Morgan fingerprint density at radius 2 is 1.95 bits per heavy atom. The third-order valence-corrected chi connectivity index (χ3v) is 4.79. The van der Waals surface area contributed by atoms with Crippen molar-refractivity contribution in [2.45, 2.75) is 32.6 Å². The molecule has 102 valence electrons. The second kappa shape index (κ2) is 5.16. The van der Waals surface area contributed by atoms with Gasteiger partial charge in [-0.25, -0.2) is 0 Å². The van der Waals surface area contributed by atoms with E-state index in [2.05, 4.69) is 4.90 Å². The maximum absolute atomic E-state index is 12.6. The molecule has 2 atom stereocenters. The highest BCUT2D eigenvalue weighted by Crippen LogP contribution is 2.35. The first kappa shape index (κ1) is 13.0. The molecule has 2 aliphatic rings. The van der Waals surface area contributed by atoms with Gasteiger partial charge in [0.05, 0.1) is 0 Å². The zero-order chi connectivity index (χ0) is 13.4. The number of hydrogen-bond acceptors (Lipinski definition) is 1. The number of nitrogens with zero attached hydrogens (tertiary/aromatic N) is 1. The Bertz CT molecular complexity index is 488. The summed E-state index contributed by atoms with van der Waals surface area (Å²) in [7, 11) is 0. The first-order chi connectivity index (χ1) is 9.13. The van der Waals surface area contributed by atoms with E-state index in [-0.39, 0.29) is 5.91 Å². The maximum Gasteiger partial charge on any atom is 0.254 e. The fourth-order valence-electron chi connectivity index (χ4n) is 3.64. The third kappa shape index (κ3) is 2.64. The van der Waals surface area contributed by atoms with Gasteiger partial charge in [-0.2, -0.15) is 0 Å². The predicted octanol–water partition coefficient (Wildman–Crippen LogP) is 3.91. The summed E-state index contributed by atoms with van der Waals surface area (Å²) in [4.78, 5) is 14.7. The summed E-state index contributed by atoms with van der Waals surface area (Å²) in [6.07, 6.45) is 5.25. The Hall–Kier alpha value is -1.02. The predicted molar refractivity (Wildman–Crippen MR) is 77.5 cm³/mol. The summed E-state index contributed by atoms with van der Waals surface area (Å²) < 4.78 is 0. The topological polar surface area (TPSA) is 20.3 Å². The van der Waals surface area contributed by atoms with E-state index in [4.69, 9.17) is 11.6 Å². The lowest BCUT2D eigenvalue weighted by Gasteiger charge is -2.41. The van der Waals surface area contributed by atoms with Gasteiger partial charge >= 0.3 is 0 Å². The van der Waals surface area contributed by atoms with Crippen molar-refractivity contribution in [3.8, 4) is 0 Å². The van der Waals surface area contributed by atoms with Gasteiger partial charge < -0.3 is 4.90 Å². The molecule has 0 aromatic heterocycles. The van der Waals surface area contributed by atoms with Crippen LogP contribution in [0, 0.1) is 18.8 Å². The molecule has 1 aromatic rings. The van der Waals surface area contributed by atoms with Gasteiger partial charge in [0.2, 0.25) is 0 Å². The van der Waals surface area contributed by atoms with Gasteiger partial charge in [0.1, 0.15) is 0 Å². The monoisotopic (exact) mass is 277 g/mol. The van der Waals surface area contributed by atoms with Crippen LogP contribution in [0.5, 0.6) is 0 Å². The number of rotatable bonds is 1. The highest BCUT2D eigenvalue weighted by Gasteiger charge is 2.33. The molecule has 19 heavy (non-hydrogen) atoms. The quantitative estimate of drug-likeness (QED) is 0.762. The largest absolute Gasteiger partial charge is 0.338 e. The van der Waals surface area contributed by atoms with Crippen molar-refractivity contribution in [2.75, 3.05) is 13.1 Å². The van der Waals surface area contributed by atoms with Gasteiger partial charge in [-0.3, -0.25) is 4.79 Å². The lowest BCUT2D eigenvalue weighted by atomic mass is 9.78. The second-order valence-electron chi connectivity index (χ2n) is 6.07. The van der Waals surface area contributed by atoms with Crippen LogP contribution in [0.4, 0.5) is 0 Å². The van der Waals surface area contributed by atoms with E-state index in [1.54, 1.807) is 0 Å². The lowest BCUT2D eigenvalue weighted by molar-refractivity contribution is 0.0504. The molecule has 1 aliphatic heterocycles. The van der Waals surface area contributed by atoms with Gasteiger partial charge in [-0.05, 0) is 61.8 Å². The smallest absolute Gasteiger partial charge is 0.254 e. The first-order valence-corrected chi connectivity index (χ1v) is 7.56. The fourth-order valence-corrected chi connectivity index (χ4v) is 3.86. The molecule has 1 amide bonds. The molecule has 0 unspecified atom stereocenters. The van der Waals surface area contributed by atoms with Crippen LogP contribution < -0.4 is 0 Å². The normalized spacial score (nSPS) is 26.3. The molecule has 0 N–H and O–H groups in total. The molecular weight excluding hydrogens is 258 g/mol. The Labute approximate surface area is 119 Å². The van der Waals surface area contributed by atoms with Crippen LogP contribution in [0.15, 0.2) is 18.2 Å². The number of carbonyl (C=O) groups is 1. The minimum atomic E-state index is 0.186. The first-order valence-electron chi connectivity index (χ1n) is 7.19. The van der Waals surface area contributed by atoms with E-state index in [1.807, 2.05) is 25.1 Å². The van der Waals surface area contributed by atoms with Crippen molar-refractivity contribution in [2.24, 2.45) is 11.8 Å². The molecule has 1 aliphatic carbocycles. The molecule has 1 aromatic carbocycles. The fraction of sp³-hybridized carbons (Fsp3) is 0.562. The summed E-state index contributed by atoms with van der Waals surface area (Å²) >= 11 is 5.96. The molecule has 2 nitrogen and oxygen atoms in total. The van der Waals surface area contributed by atoms with E-state index in [0.29, 0.717) is 5.02 Å². The van der Waals surface area contributed by atoms with Crippen molar-refractivity contribution in [3.63, 3.8) is 0 Å². The minimum absolute atomic E-state index is 0.186. The van der Waals surface area contributed by atoms with E-state index in [0.717, 1.165) is 36.1 Å². The van der Waals surface area contributed by atoms with Crippen LogP contribution in [0.25, 0.3) is 0 Å². The van der Waals surface area contributed by atoms with Gasteiger partial charge in [0, 0.05) is 23.7 Å². The third-order valence-electron chi connectivity index (χ3n) is 4.55. The van der Waals surface area contributed by atoms with E-state index in [9.17, 15) is 4.79 Å². The zero-order valence-electron chi connectivity index (χ0n) is 11.4. The van der Waals surface area contributed by atoms with Crippen molar-refractivity contribution in [1.29, 1.82) is 0 Å². The summed E-state index contributed by atoms with van der Waals surface area (Å²) in [6, 6.07) is 5.55.